The fourth-order valence-electron chi connectivity index (χ4n) is 0.340. The fraction of sp³-hybridized carbons (Fsp3) is 0.500. The zero-order valence-corrected chi connectivity index (χ0v) is 11.5. The quantitative estimate of drug-likeness (QED) is 0.471. The Morgan fingerprint density at radius 1 is 1.40 bits per heavy atom. The van der Waals surface area contributed by atoms with Crippen LogP contribution in [0.5, 0.6) is 0 Å². The second-order valence-electron chi connectivity index (χ2n) is 2.50. The minimum absolute atomic E-state index is 0. The second kappa shape index (κ2) is 9.91. The molecule has 0 fully saturated rings. The minimum Gasteiger partial charge on any atom is -1.00 e. The van der Waals surface area contributed by atoms with Crippen LogP contribution < -0.4 is 0 Å². The predicted molar refractivity (Wildman–Crippen MR) is 47.1 cm³/mol. The summed E-state index contributed by atoms with van der Waals surface area (Å²) in [6.45, 7) is 0. The summed E-state index contributed by atoms with van der Waals surface area (Å²) >= 11 is -0.333. The van der Waals surface area contributed by atoms with Crippen molar-refractivity contribution >= 4 is 14.3 Å². The van der Waals surface area contributed by atoms with Crippen molar-refractivity contribution in [3.8, 4) is 0 Å². The van der Waals surface area contributed by atoms with Crippen LogP contribution >= 0.6 is 0 Å². The zero-order valence-electron chi connectivity index (χ0n) is 8.94. The molecule has 2 radical (unpaired) electrons. The normalized spacial score (nSPS) is 12.4. The number of rotatable bonds is 0. The SMILES string of the molecule is [C-]1=CC=CC1.[CH3][Ge]([CH3])[CH3].[H-].[H-].[Zr+3]. The van der Waals surface area contributed by atoms with Crippen molar-refractivity contribution in [2.45, 2.75) is 23.7 Å². The largest absolute Gasteiger partial charge is 3.00 e. The Balaban J connectivity index is -0.0000000436. The maximum atomic E-state index is 2.99. The van der Waals surface area contributed by atoms with E-state index in [0.717, 1.165) is 6.42 Å². The molecule has 0 aromatic rings. The van der Waals surface area contributed by atoms with E-state index >= 15 is 0 Å². The molecule has 0 bridgehead atoms. The molecular formula is C8H16GeZr. The Labute approximate surface area is 91.0 Å². The van der Waals surface area contributed by atoms with Crippen LogP contribution in [0.15, 0.2) is 18.2 Å². The molecule has 0 atom stereocenters. The van der Waals surface area contributed by atoms with Crippen LogP contribution in [0.2, 0.25) is 17.3 Å². The summed E-state index contributed by atoms with van der Waals surface area (Å²) in [5.41, 5.74) is 0. The Bertz CT molecular complexity index is 101. The molecule has 0 amide bonds. The Hall–Kier alpha value is 0.906. The first-order valence-corrected chi connectivity index (χ1v) is 9.51. The van der Waals surface area contributed by atoms with E-state index in [2.05, 4.69) is 29.4 Å². The summed E-state index contributed by atoms with van der Waals surface area (Å²) in [4.78, 5) is 0. The van der Waals surface area contributed by atoms with Crippen molar-refractivity contribution in [3.63, 3.8) is 0 Å². The van der Waals surface area contributed by atoms with Gasteiger partial charge in [0.1, 0.15) is 0 Å². The van der Waals surface area contributed by atoms with Crippen LogP contribution in [-0.4, -0.2) is 14.3 Å². The monoisotopic (exact) mass is 276 g/mol. The van der Waals surface area contributed by atoms with E-state index in [4.69, 9.17) is 0 Å². The van der Waals surface area contributed by atoms with Crippen LogP contribution in [0.4, 0.5) is 0 Å². The zero-order chi connectivity index (χ0) is 7.11. The third-order valence-electron chi connectivity index (χ3n) is 0.586. The van der Waals surface area contributed by atoms with Crippen LogP contribution in [0.1, 0.15) is 9.27 Å². The van der Waals surface area contributed by atoms with E-state index in [9.17, 15) is 0 Å². The summed E-state index contributed by atoms with van der Waals surface area (Å²) in [5, 5.41) is 0. The van der Waals surface area contributed by atoms with Crippen molar-refractivity contribution in [2.75, 3.05) is 0 Å². The minimum atomic E-state index is -0.333. The first-order valence-electron chi connectivity index (χ1n) is 3.22. The summed E-state index contributed by atoms with van der Waals surface area (Å²) in [6, 6.07) is 0. The molecule has 0 aliphatic heterocycles. The van der Waals surface area contributed by atoms with E-state index in [0.29, 0.717) is 0 Å². The van der Waals surface area contributed by atoms with Crippen molar-refractivity contribution in [1.82, 2.24) is 0 Å². The van der Waals surface area contributed by atoms with Gasteiger partial charge in [-0.25, -0.2) is 12.2 Å². The Kier molecular flexibility index (Phi) is 13.4. The van der Waals surface area contributed by atoms with Crippen LogP contribution in [0.25, 0.3) is 0 Å². The summed E-state index contributed by atoms with van der Waals surface area (Å²) in [6.07, 6.45) is 10.0. The maximum absolute atomic E-state index is 2.99. The van der Waals surface area contributed by atoms with Gasteiger partial charge in [-0.1, -0.05) is 0 Å². The van der Waals surface area contributed by atoms with Gasteiger partial charge in [0.15, 0.2) is 0 Å². The van der Waals surface area contributed by atoms with Gasteiger partial charge >= 0.3 is 57.8 Å². The van der Waals surface area contributed by atoms with Crippen LogP contribution in [0.3, 0.4) is 0 Å². The standard InChI is InChI=1S/C5H5.C3H9Ge.Zr.2H/c1-2-4-5-3-1;1-4(2)3;;;/h1-3H,4H2;1-3H3;;;/q-1;;+3;2*-1. The molecule has 56 valence electrons. The maximum Gasteiger partial charge on any atom is 3.00 e. The molecule has 10 heavy (non-hydrogen) atoms. The average molecular weight is 276 g/mol. The van der Waals surface area contributed by atoms with Gasteiger partial charge in [0, 0.05) is 0 Å². The molecule has 2 heteroatoms. The Morgan fingerprint density at radius 2 is 1.90 bits per heavy atom. The van der Waals surface area contributed by atoms with Gasteiger partial charge in [0.2, 0.25) is 0 Å². The molecule has 1 aliphatic rings. The van der Waals surface area contributed by atoms with Crippen LogP contribution in [-0.2, 0) is 26.2 Å². The summed E-state index contributed by atoms with van der Waals surface area (Å²) < 4.78 is 0. The summed E-state index contributed by atoms with van der Waals surface area (Å²) in [5.74, 6) is 7.00. The molecule has 0 N–H and O–H groups in total. The molecule has 0 nitrogen and oxygen atoms in total. The smallest absolute Gasteiger partial charge is 1.00 e. The van der Waals surface area contributed by atoms with Gasteiger partial charge in [-0.05, 0) is 0 Å². The first-order chi connectivity index (χ1) is 4.23. The van der Waals surface area contributed by atoms with Crippen molar-refractivity contribution < 1.29 is 29.1 Å². The second-order valence-corrected chi connectivity index (χ2v) is 8.80. The number of hydrogen-bond donors (Lipinski definition) is 0. The molecule has 0 heterocycles. The molecule has 0 unspecified atom stereocenters. The van der Waals surface area contributed by atoms with Gasteiger partial charge < -0.3 is 2.85 Å². The van der Waals surface area contributed by atoms with Gasteiger partial charge in [-0.2, -0.15) is 6.08 Å². The molecular weight excluding hydrogens is 260 g/mol. The fourth-order valence-corrected chi connectivity index (χ4v) is 0.340. The molecule has 0 saturated heterocycles. The van der Waals surface area contributed by atoms with Crippen molar-refractivity contribution in [2.24, 2.45) is 0 Å². The average Bonchev–Trinajstić information content (AvgIpc) is 2.11. The number of hydrogen-bond acceptors (Lipinski definition) is 0. The van der Waals surface area contributed by atoms with Gasteiger partial charge in [-0.3, -0.25) is 6.08 Å². The van der Waals surface area contributed by atoms with Gasteiger partial charge in [0.05, 0.1) is 0 Å². The third kappa shape index (κ3) is 16.0. The molecule has 0 saturated carbocycles. The molecule has 1 aliphatic carbocycles. The molecule has 0 spiro atoms. The van der Waals surface area contributed by atoms with E-state index in [1.54, 1.807) is 0 Å². The van der Waals surface area contributed by atoms with E-state index < -0.39 is 0 Å². The summed E-state index contributed by atoms with van der Waals surface area (Å²) in [7, 11) is 0. The van der Waals surface area contributed by atoms with Crippen molar-refractivity contribution in [3.05, 3.63) is 24.3 Å². The van der Waals surface area contributed by atoms with E-state index in [1.165, 1.54) is 0 Å². The molecule has 0 aromatic carbocycles. The number of allylic oxidation sites excluding steroid dienone is 4. The van der Waals surface area contributed by atoms with Gasteiger partial charge in [-0.15, -0.1) is 6.42 Å². The van der Waals surface area contributed by atoms with Gasteiger partial charge in [0.25, 0.3) is 0 Å². The molecule has 1 rings (SSSR count). The Morgan fingerprint density at radius 3 is 2.00 bits per heavy atom. The third-order valence-corrected chi connectivity index (χ3v) is 0.586. The van der Waals surface area contributed by atoms with Crippen LogP contribution in [0, 0.1) is 6.08 Å². The van der Waals surface area contributed by atoms with E-state index in [-0.39, 0.29) is 43.4 Å². The van der Waals surface area contributed by atoms with Crippen molar-refractivity contribution in [1.29, 1.82) is 0 Å². The first kappa shape index (κ1) is 13.5. The topological polar surface area (TPSA) is 0 Å². The molecule has 0 aromatic heterocycles. The predicted octanol–water partition coefficient (Wildman–Crippen LogP) is 2.90. The van der Waals surface area contributed by atoms with E-state index in [1.807, 2.05) is 12.2 Å².